The monoisotopic (exact) mass is 788 g/mol. The van der Waals surface area contributed by atoms with Gasteiger partial charge in [0.05, 0.1) is 18.8 Å². The Labute approximate surface area is 349 Å². The van der Waals surface area contributed by atoms with Gasteiger partial charge in [-0.05, 0) is 77.0 Å². The van der Waals surface area contributed by atoms with Crippen LogP contribution in [0.3, 0.4) is 0 Å². The minimum absolute atomic E-state index is 0.158. The van der Waals surface area contributed by atoms with Crippen molar-refractivity contribution in [1.82, 2.24) is 5.32 Å². The van der Waals surface area contributed by atoms with Crippen LogP contribution in [0.5, 0.6) is 0 Å². The Morgan fingerprint density at radius 3 is 1.12 bits per heavy atom. The van der Waals surface area contributed by atoms with E-state index in [0.717, 1.165) is 44.9 Å². The second-order valence-corrected chi connectivity index (χ2v) is 17.0. The first-order valence-electron chi connectivity index (χ1n) is 24.8. The Balaban J connectivity index is 3.53. The van der Waals surface area contributed by atoms with E-state index in [0.29, 0.717) is 12.8 Å². The molecule has 3 unspecified atom stereocenters. The van der Waals surface area contributed by atoms with Crippen LogP contribution < -0.4 is 5.32 Å². The Morgan fingerprint density at radius 1 is 0.429 bits per heavy atom. The first-order valence-corrected chi connectivity index (χ1v) is 24.8. The van der Waals surface area contributed by atoms with Gasteiger partial charge in [-0.1, -0.05) is 211 Å². The molecular weight excluding hydrogens is 691 g/mol. The number of allylic oxidation sites excluding steroid dienone is 6. The summed E-state index contributed by atoms with van der Waals surface area (Å²) in [4.78, 5) is 12.4. The van der Waals surface area contributed by atoms with Gasteiger partial charge in [0.1, 0.15) is 6.10 Å². The zero-order valence-electron chi connectivity index (χ0n) is 37.5. The van der Waals surface area contributed by atoms with Crippen LogP contribution in [0.1, 0.15) is 258 Å². The van der Waals surface area contributed by atoms with Gasteiger partial charge in [-0.15, -0.1) is 0 Å². The molecule has 0 aliphatic heterocycles. The van der Waals surface area contributed by atoms with E-state index in [-0.39, 0.29) is 12.5 Å². The molecule has 0 spiro atoms. The highest BCUT2D eigenvalue weighted by Crippen LogP contribution is 2.16. The summed E-state index contributed by atoms with van der Waals surface area (Å²) in [5.74, 6) is -0.158. The molecule has 330 valence electrons. The number of nitrogens with one attached hydrogen (secondary N) is 1. The molecule has 4 N–H and O–H groups in total. The highest BCUT2D eigenvalue weighted by molar-refractivity contribution is 5.76. The normalized spacial score (nSPS) is 13.7. The van der Waals surface area contributed by atoms with E-state index in [2.05, 4.69) is 55.6 Å². The van der Waals surface area contributed by atoms with Gasteiger partial charge in [-0.2, -0.15) is 0 Å². The van der Waals surface area contributed by atoms with Gasteiger partial charge in [-0.25, -0.2) is 0 Å². The lowest BCUT2D eigenvalue weighted by Gasteiger charge is -2.26. The van der Waals surface area contributed by atoms with Crippen LogP contribution in [0.4, 0.5) is 0 Å². The Bertz CT molecular complexity index is 870. The van der Waals surface area contributed by atoms with E-state index in [1.807, 2.05) is 0 Å². The summed E-state index contributed by atoms with van der Waals surface area (Å²) in [5.41, 5.74) is 0. The fraction of sp³-hybridized carbons (Fsp3) is 0.863. The molecule has 0 heterocycles. The number of aliphatic hydroxyl groups is 3. The minimum atomic E-state index is -1.16. The molecule has 0 bridgehead atoms. The summed E-state index contributed by atoms with van der Waals surface area (Å²) >= 11 is 0. The SMILES string of the molecule is CCCCC/C=C/CC/C=C/CCCC(O)C(O)C(CO)NC(=O)CCCCCCCCCCCCCCCC/C=C\CCCCCCCCCCCCCC. The maximum atomic E-state index is 12.4. The fourth-order valence-corrected chi connectivity index (χ4v) is 7.59. The van der Waals surface area contributed by atoms with E-state index >= 15 is 0 Å². The molecule has 5 nitrogen and oxygen atoms in total. The van der Waals surface area contributed by atoms with Crippen LogP contribution >= 0.6 is 0 Å². The zero-order chi connectivity index (χ0) is 40.8. The molecule has 5 heteroatoms. The first-order chi connectivity index (χ1) is 27.6. The van der Waals surface area contributed by atoms with Gasteiger partial charge in [-0.3, -0.25) is 4.79 Å². The predicted molar refractivity (Wildman–Crippen MR) is 245 cm³/mol. The van der Waals surface area contributed by atoms with E-state index in [4.69, 9.17) is 0 Å². The number of amides is 1. The first kappa shape index (κ1) is 54.6. The third-order valence-corrected chi connectivity index (χ3v) is 11.4. The molecule has 0 saturated heterocycles. The topological polar surface area (TPSA) is 89.8 Å². The molecular formula is C51H97NO4. The van der Waals surface area contributed by atoms with Gasteiger partial charge in [0, 0.05) is 6.42 Å². The number of rotatable bonds is 45. The second kappa shape index (κ2) is 46.3. The molecule has 1 amide bonds. The third-order valence-electron chi connectivity index (χ3n) is 11.4. The third kappa shape index (κ3) is 40.8. The van der Waals surface area contributed by atoms with Gasteiger partial charge in [0.2, 0.25) is 5.91 Å². The standard InChI is InChI=1S/C51H97NO4/c1-3-5-7-9-11-13-15-17-18-19-20-21-22-23-24-25-26-27-28-29-30-31-32-33-34-36-38-40-42-44-46-50(55)52-48(47-53)51(56)49(54)45-43-41-39-37-35-16-14-12-10-8-6-4-2/h12,14,23-24,37,39,48-49,51,53-54,56H,3-11,13,15-22,25-36,38,40-47H2,1-2H3,(H,52,55)/b14-12+,24-23-,39-37+. The molecule has 3 atom stereocenters. The smallest absolute Gasteiger partial charge is 0.220 e. The van der Waals surface area contributed by atoms with Gasteiger partial charge in [0.25, 0.3) is 0 Å². The largest absolute Gasteiger partial charge is 0.394 e. The zero-order valence-corrected chi connectivity index (χ0v) is 37.5. The molecule has 0 saturated carbocycles. The van der Waals surface area contributed by atoms with Crippen molar-refractivity contribution in [2.45, 2.75) is 276 Å². The number of hydrogen-bond donors (Lipinski definition) is 4. The van der Waals surface area contributed by atoms with Gasteiger partial charge < -0.3 is 20.6 Å². The minimum Gasteiger partial charge on any atom is -0.394 e. The molecule has 0 aromatic rings. The van der Waals surface area contributed by atoms with Crippen molar-refractivity contribution in [1.29, 1.82) is 0 Å². The van der Waals surface area contributed by atoms with Crippen molar-refractivity contribution >= 4 is 5.91 Å². The van der Waals surface area contributed by atoms with Crippen LogP contribution in [-0.4, -0.2) is 46.1 Å². The van der Waals surface area contributed by atoms with Gasteiger partial charge >= 0.3 is 0 Å². The maximum Gasteiger partial charge on any atom is 0.220 e. The van der Waals surface area contributed by atoms with Crippen molar-refractivity contribution in [2.24, 2.45) is 0 Å². The van der Waals surface area contributed by atoms with Crippen LogP contribution in [0.2, 0.25) is 0 Å². The summed E-state index contributed by atoms with van der Waals surface area (Å²) in [6.45, 7) is 4.14. The average Bonchev–Trinajstić information content (AvgIpc) is 3.20. The van der Waals surface area contributed by atoms with Crippen LogP contribution in [-0.2, 0) is 4.79 Å². The van der Waals surface area contributed by atoms with Crippen molar-refractivity contribution in [3.05, 3.63) is 36.5 Å². The summed E-state index contributed by atoms with van der Waals surface area (Å²) in [6, 6.07) is -0.830. The van der Waals surface area contributed by atoms with E-state index < -0.39 is 18.2 Å². The summed E-state index contributed by atoms with van der Waals surface area (Å²) in [7, 11) is 0. The second-order valence-electron chi connectivity index (χ2n) is 17.0. The fourth-order valence-electron chi connectivity index (χ4n) is 7.59. The van der Waals surface area contributed by atoms with Crippen molar-refractivity contribution < 1.29 is 20.1 Å². The highest BCUT2D eigenvalue weighted by atomic mass is 16.3. The number of unbranched alkanes of at least 4 members (excludes halogenated alkanes) is 31. The quantitative estimate of drug-likeness (QED) is 0.0365. The van der Waals surface area contributed by atoms with Crippen molar-refractivity contribution in [3.8, 4) is 0 Å². The number of hydrogen-bond acceptors (Lipinski definition) is 4. The molecule has 0 aromatic carbocycles. The predicted octanol–water partition coefficient (Wildman–Crippen LogP) is 14.7. The number of aliphatic hydroxyl groups excluding tert-OH is 3. The van der Waals surface area contributed by atoms with E-state index in [1.165, 1.54) is 186 Å². The van der Waals surface area contributed by atoms with Crippen LogP contribution in [0.25, 0.3) is 0 Å². The lowest BCUT2D eigenvalue weighted by molar-refractivity contribution is -0.124. The lowest BCUT2D eigenvalue weighted by atomic mass is 10.0. The molecule has 0 aromatic heterocycles. The molecule has 56 heavy (non-hydrogen) atoms. The van der Waals surface area contributed by atoms with E-state index in [1.54, 1.807) is 0 Å². The molecule has 0 aliphatic rings. The average molecular weight is 788 g/mol. The maximum absolute atomic E-state index is 12.4. The summed E-state index contributed by atoms with van der Waals surface area (Å²) < 4.78 is 0. The van der Waals surface area contributed by atoms with Crippen molar-refractivity contribution in [3.63, 3.8) is 0 Å². The summed E-state index contributed by atoms with van der Waals surface area (Å²) in [6.07, 6.45) is 58.6. The Morgan fingerprint density at radius 2 is 0.732 bits per heavy atom. The van der Waals surface area contributed by atoms with E-state index in [9.17, 15) is 20.1 Å². The van der Waals surface area contributed by atoms with Crippen LogP contribution in [0, 0.1) is 0 Å². The summed E-state index contributed by atoms with van der Waals surface area (Å²) in [5, 5.41) is 33.5. The number of carbonyl (C=O) groups is 1. The molecule has 0 fully saturated rings. The van der Waals surface area contributed by atoms with Gasteiger partial charge in [0.15, 0.2) is 0 Å². The lowest BCUT2D eigenvalue weighted by Crippen LogP contribution is -2.50. The molecule has 0 aliphatic carbocycles. The Kier molecular flexibility index (Phi) is 45.1. The van der Waals surface area contributed by atoms with Crippen LogP contribution in [0.15, 0.2) is 36.5 Å². The molecule has 0 rings (SSSR count). The highest BCUT2D eigenvalue weighted by Gasteiger charge is 2.26. The molecule has 0 radical (unpaired) electrons. The Hall–Kier alpha value is -1.43. The van der Waals surface area contributed by atoms with Crippen molar-refractivity contribution in [2.75, 3.05) is 6.61 Å². The number of carbonyl (C=O) groups excluding carboxylic acids is 1.